The van der Waals surface area contributed by atoms with Crippen molar-refractivity contribution in [3.8, 4) is 0 Å². The van der Waals surface area contributed by atoms with Gasteiger partial charge in [-0.2, -0.15) is 0 Å². The summed E-state index contributed by atoms with van der Waals surface area (Å²) in [6.07, 6.45) is 89.2. The minimum atomic E-state index is -0.773. The predicted molar refractivity (Wildman–Crippen MR) is 325 cm³/mol. The maximum absolute atomic E-state index is 12.3. The zero-order chi connectivity index (χ0) is 53.4. The Balaban J connectivity index is 3.41. The lowest BCUT2D eigenvalue weighted by Crippen LogP contribution is -2.28. The summed E-state index contributed by atoms with van der Waals surface area (Å²) in [6.45, 7) is 4.06. The Morgan fingerprint density at radius 1 is 0.324 bits per heavy atom. The molecule has 0 aromatic carbocycles. The summed E-state index contributed by atoms with van der Waals surface area (Å²) < 4.78 is 10.7. The molecular weight excluding hydrogens is 909 g/mol. The van der Waals surface area contributed by atoms with E-state index in [0.29, 0.717) is 12.8 Å². The second-order valence-electron chi connectivity index (χ2n) is 21.8. The Hall–Kier alpha value is -2.66. The molecule has 0 saturated heterocycles. The van der Waals surface area contributed by atoms with Crippen LogP contribution >= 0.6 is 0 Å². The molecule has 430 valence electrons. The van der Waals surface area contributed by atoms with E-state index >= 15 is 0 Å². The highest BCUT2D eigenvalue weighted by atomic mass is 16.6. The number of ether oxygens (including phenoxy) is 2. The lowest BCUT2D eigenvalue weighted by Gasteiger charge is -2.15. The molecule has 1 N–H and O–H groups in total. The first-order valence-corrected chi connectivity index (χ1v) is 32.5. The molecule has 0 spiro atoms. The molecule has 74 heavy (non-hydrogen) atoms. The molecule has 0 rings (SSSR count). The lowest BCUT2D eigenvalue weighted by atomic mass is 10.0. The second kappa shape index (κ2) is 64.6. The first-order chi connectivity index (χ1) is 36.6. The van der Waals surface area contributed by atoms with Crippen molar-refractivity contribution in [3.05, 3.63) is 72.9 Å². The van der Waals surface area contributed by atoms with Crippen molar-refractivity contribution in [2.75, 3.05) is 13.2 Å². The smallest absolute Gasteiger partial charge is 0.306 e. The summed E-state index contributed by atoms with van der Waals surface area (Å²) in [5.74, 6) is -0.576. The van der Waals surface area contributed by atoms with Crippen LogP contribution in [-0.4, -0.2) is 36.4 Å². The van der Waals surface area contributed by atoms with Gasteiger partial charge in [-0.25, -0.2) is 0 Å². The van der Waals surface area contributed by atoms with Crippen LogP contribution in [0.5, 0.6) is 0 Å². The number of carbonyl (C=O) groups excluding carboxylic acids is 2. The van der Waals surface area contributed by atoms with Crippen molar-refractivity contribution < 1.29 is 24.2 Å². The van der Waals surface area contributed by atoms with Gasteiger partial charge in [0.2, 0.25) is 0 Å². The maximum atomic E-state index is 12.3. The van der Waals surface area contributed by atoms with E-state index in [2.05, 4.69) is 86.8 Å². The van der Waals surface area contributed by atoms with Gasteiger partial charge in [-0.15, -0.1) is 0 Å². The van der Waals surface area contributed by atoms with Crippen LogP contribution in [0.2, 0.25) is 0 Å². The molecule has 0 aliphatic heterocycles. The molecule has 0 amide bonds. The van der Waals surface area contributed by atoms with Crippen molar-refractivity contribution in [2.45, 2.75) is 341 Å². The summed E-state index contributed by atoms with van der Waals surface area (Å²) in [4.78, 5) is 24.6. The van der Waals surface area contributed by atoms with Gasteiger partial charge in [-0.3, -0.25) is 9.59 Å². The number of allylic oxidation sites excluding steroid dienone is 12. The Kier molecular flexibility index (Phi) is 62.3. The number of aliphatic hydroxyl groups is 1. The summed E-state index contributed by atoms with van der Waals surface area (Å²) in [6, 6.07) is 0. The molecule has 5 nitrogen and oxygen atoms in total. The molecule has 0 fully saturated rings. The minimum Gasteiger partial charge on any atom is -0.462 e. The molecule has 0 aromatic rings. The summed E-state index contributed by atoms with van der Waals surface area (Å²) in [5, 5.41) is 9.68. The van der Waals surface area contributed by atoms with Crippen molar-refractivity contribution >= 4 is 11.9 Å². The number of hydrogen-bond donors (Lipinski definition) is 1. The molecular formula is C69H124O5. The third-order valence-electron chi connectivity index (χ3n) is 14.5. The van der Waals surface area contributed by atoms with Gasteiger partial charge in [0.25, 0.3) is 0 Å². The highest BCUT2D eigenvalue weighted by Crippen LogP contribution is 2.18. The fourth-order valence-electron chi connectivity index (χ4n) is 9.64. The number of carbonyl (C=O) groups is 2. The zero-order valence-electron chi connectivity index (χ0n) is 49.4. The molecule has 0 bridgehead atoms. The van der Waals surface area contributed by atoms with Gasteiger partial charge in [-0.1, -0.05) is 311 Å². The first kappa shape index (κ1) is 71.3. The van der Waals surface area contributed by atoms with Gasteiger partial charge in [0.05, 0.1) is 6.61 Å². The molecule has 1 unspecified atom stereocenters. The van der Waals surface area contributed by atoms with E-state index < -0.39 is 6.10 Å². The average molecular weight is 1030 g/mol. The summed E-state index contributed by atoms with van der Waals surface area (Å²) in [5.41, 5.74) is 0. The fraction of sp³-hybridized carbons (Fsp3) is 0.797. The van der Waals surface area contributed by atoms with E-state index in [1.807, 2.05) is 0 Å². The predicted octanol–water partition coefficient (Wildman–Crippen LogP) is 22.3. The molecule has 0 saturated carbocycles. The first-order valence-electron chi connectivity index (χ1n) is 32.5. The van der Waals surface area contributed by atoms with Gasteiger partial charge in [0.15, 0.2) is 6.10 Å². The molecule has 5 heteroatoms. The maximum Gasteiger partial charge on any atom is 0.306 e. The Bertz CT molecular complexity index is 1310. The van der Waals surface area contributed by atoms with Crippen molar-refractivity contribution in [1.29, 1.82) is 0 Å². The van der Waals surface area contributed by atoms with Gasteiger partial charge >= 0.3 is 11.9 Å². The molecule has 0 aliphatic carbocycles. The van der Waals surface area contributed by atoms with E-state index in [-0.39, 0.29) is 25.2 Å². The fourth-order valence-corrected chi connectivity index (χ4v) is 9.64. The SMILES string of the molecule is CC/C=C\C/C=C\C/C=C\C/C=C\C/C=C\CCCCCCCCCCCCCCCCCCCCCCCCCC(=O)OC(CO)COC(=O)CCCCCCCCCCC/C=C\CCCCCCCCCC. The van der Waals surface area contributed by atoms with Crippen LogP contribution in [0.4, 0.5) is 0 Å². The van der Waals surface area contributed by atoms with Crippen LogP contribution in [0.25, 0.3) is 0 Å². The number of rotatable bonds is 60. The standard InChI is InChI=1S/C69H124O5/c1-3-5-7-9-11-13-15-17-19-21-23-25-26-27-28-29-30-31-32-33-34-35-36-37-38-39-40-41-42-44-46-48-50-52-54-56-58-60-62-64-69(72)74-67(65-70)66-73-68(71)63-61-59-57-55-53-51-49-47-45-43-24-22-20-18-16-14-12-10-8-6-4-2/h5,7,11,13,17,19,22-25,27-28,67,70H,3-4,6,8-10,12,14-16,18,20-21,26,29-66H2,1-2H3/b7-5-,13-11-,19-17-,24-22-,25-23-,28-27-. The van der Waals surface area contributed by atoms with Gasteiger partial charge in [0, 0.05) is 12.8 Å². The third-order valence-corrected chi connectivity index (χ3v) is 14.5. The van der Waals surface area contributed by atoms with Crippen LogP contribution in [0, 0.1) is 0 Å². The second-order valence-corrected chi connectivity index (χ2v) is 21.8. The number of unbranched alkanes of at least 4 members (excludes halogenated alkanes) is 40. The van der Waals surface area contributed by atoms with Crippen LogP contribution in [-0.2, 0) is 19.1 Å². The summed E-state index contributed by atoms with van der Waals surface area (Å²) >= 11 is 0. The Morgan fingerprint density at radius 3 is 0.892 bits per heavy atom. The van der Waals surface area contributed by atoms with Crippen molar-refractivity contribution in [3.63, 3.8) is 0 Å². The van der Waals surface area contributed by atoms with Gasteiger partial charge in [-0.05, 0) is 83.5 Å². The Morgan fingerprint density at radius 2 is 0.581 bits per heavy atom. The lowest BCUT2D eigenvalue weighted by molar-refractivity contribution is -0.161. The molecule has 0 aliphatic rings. The quantitative estimate of drug-likeness (QED) is 0.0373. The van der Waals surface area contributed by atoms with Crippen LogP contribution in [0.3, 0.4) is 0 Å². The minimum absolute atomic E-state index is 0.0636. The molecule has 0 aromatic heterocycles. The largest absolute Gasteiger partial charge is 0.462 e. The number of hydrogen-bond acceptors (Lipinski definition) is 5. The number of esters is 2. The topological polar surface area (TPSA) is 72.8 Å². The highest BCUT2D eigenvalue weighted by molar-refractivity contribution is 5.70. The molecule has 0 heterocycles. The van der Waals surface area contributed by atoms with E-state index in [1.165, 1.54) is 238 Å². The van der Waals surface area contributed by atoms with Gasteiger partial charge < -0.3 is 14.6 Å². The van der Waals surface area contributed by atoms with E-state index in [0.717, 1.165) is 70.6 Å². The monoisotopic (exact) mass is 1030 g/mol. The van der Waals surface area contributed by atoms with E-state index in [9.17, 15) is 14.7 Å². The van der Waals surface area contributed by atoms with Crippen LogP contribution in [0.15, 0.2) is 72.9 Å². The van der Waals surface area contributed by atoms with Crippen LogP contribution < -0.4 is 0 Å². The van der Waals surface area contributed by atoms with Crippen molar-refractivity contribution in [1.82, 2.24) is 0 Å². The highest BCUT2D eigenvalue weighted by Gasteiger charge is 2.16. The summed E-state index contributed by atoms with van der Waals surface area (Å²) in [7, 11) is 0. The van der Waals surface area contributed by atoms with Crippen LogP contribution in [0.1, 0.15) is 335 Å². The molecule has 0 radical (unpaired) electrons. The van der Waals surface area contributed by atoms with Gasteiger partial charge in [0.1, 0.15) is 6.61 Å². The van der Waals surface area contributed by atoms with Crippen molar-refractivity contribution in [2.24, 2.45) is 0 Å². The zero-order valence-corrected chi connectivity index (χ0v) is 49.4. The van der Waals surface area contributed by atoms with E-state index in [4.69, 9.17) is 9.47 Å². The Labute approximate surface area is 461 Å². The molecule has 1 atom stereocenters. The van der Waals surface area contributed by atoms with E-state index in [1.54, 1.807) is 0 Å². The third kappa shape index (κ3) is 61.9. The average Bonchev–Trinajstić information content (AvgIpc) is 3.40. The number of aliphatic hydroxyl groups excluding tert-OH is 1. The normalized spacial score (nSPS) is 12.6.